The Labute approximate surface area is 175 Å². The zero-order valence-electron chi connectivity index (χ0n) is 18.3. The van der Waals surface area contributed by atoms with E-state index in [-0.39, 0.29) is 28.8 Å². The molecule has 1 amide bonds. The van der Waals surface area contributed by atoms with Crippen molar-refractivity contribution in [3.05, 3.63) is 18.3 Å². The average Bonchev–Trinajstić information content (AvgIpc) is 2.72. The van der Waals surface area contributed by atoms with Gasteiger partial charge in [0.25, 0.3) is 0 Å². The predicted octanol–water partition coefficient (Wildman–Crippen LogP) is 2.93. The highest BCUT2D eigenvalue weighted by Crippen LogP contribution is 2.23. The molecule has 0 bridgehead atoms. The van der Waals surface area contributed by atoms with Crippen LogP contribution in [-0.4, -0.2) is 44.5 Å². The first-order valence-electron chi connectivity index (χ1n) is 10.7. The fraction of sp³-hybridized carbons (Fsp3) is 0.714. The zero-order valence-corrected chi connectivity index (χ0v) is 19.1. The summed E-state index contributed by atoms with van der Waals surface area (Å²) in [6.45, 7) is 11.6. The number of hydrogen-bond acceptors (Lipinski definition) is 5. The Balaban J connectivity index is 1.94. The molecule has 1 aliphatic heterocycles. The molecular weight excluding hydrogens is 388 g/mol. The van der Waals surface area contributed by atoms with Crippen molar-refractivity contribution >= 4 is 21.7 Å². The van der Waals surface area contributed by atoms with Gasteiger partial charge in [-0.05, 0) is 50.7 Å². The van der Waals surface area contributed by atoms with E-state index in [1.807, 2.05) is 20.8 Å². The van der Waals surface area contributed by atoms with Crippen LogP contribution >= 0.6 is 0 Å². The molecule has 1 fully saturated rings. The Morgan fingerprint density at radius 2 is 1.79 bits per heavy atom. The van der Waals surface area contributed by atoms with Crippen LogP contribution in [0.1, 0.15) is 60.3 Å². The van der Waals surface area contributed by atoms with Gasteiger partial charge in [0.05, 0.1) is 0 Å². The molecule has 0 aromatic carbocycles. The Hall–Kier alpha value is -1.67. The van der Waals surface area contributed by atoms with Crippen LogP contribution in [0.4, 0.5) is 5.82 Å². The number of aromatic nitrogens is 1. The molecule has 1 aromatic rings. The molecule has 0 spiro atoms. The third-order valence-corrected chi connectivity index (χ3v) is 7.40. The van der Waals surface area contributed by atoms with Crippen molar-refractivity contribution < 1.29 is 13.2 Å². The molecule has 8 heteroatoms. The van der Waals surface area contributed by atoms with Gasteiger partial charge in [-0.1, -0.05) is 27.7 Å². The summed E-state index contributed by atoms with van der Waals surface area (Å²) in [6, 6.07) is 3.47. The highest BCUT2D eigenvalue weighted by molar-refractivity contribution is 7.89. The maximum atomic E-state index is 12.5. The monoisotopic (exact) mass is 424 g/mol. The standard InChI is InChI=1S/C21H36N4O3S/c1-6-18(7-2)24-29(27,28)19-8-9-20(22-14-19)25-12-10-17(11-13-25)21(26)23-16(5)15(3)4/h8-9,14-18,24H,6-7,10-13H2,1-5H3,(H,23,26). The minimum atomic E-state index is -3.55. The fourth-order valence-corrected chi connectivity index (χ4v) is 4.69. The summed E-state index contributed by atoms with van der Waals surface area (Å²) in [6.07, 6.45) is 4.46. The number of carbonyl (C=O) groups excluding carboxylic acids is 1. The number of nitrogens with one attached hydrogen (secondary N) is 2. The Bertz CT molecular complexity index is 753. The van der Waals surface area contributed by atoms with Crippen LogP contribution in [0.5, 0.6) is 0 Å². The maximum Gasteiger partial charge on any atom is 0.242 e. The molecule has 2 heterocycles. The number of pyridine rings is 1. The van der Waals surface area contributed by atoms with Crippen molar-refractivity contribution in [2.75, 3.05) is 18.0 Å². The summed E-state index contributed by atoms with van der Waals surface area (Å²) in [5.74, 6) is 1.32. The van der Waals surface area contributed by atoms with Crippen molar-refractivity contribution in [2.45, 2.75) is 77.3 Å². The van der Waals surface area contributed by atoms with E-state index in [0.29, 0.717) is 5.92 Å². The molecule has 1 saturated heterocycles. The van der Waals surface area contributed by atoms with Crippen LogP contribution in [0.25, 0.3) is 0 Å². The minimum absolute atomic E-state index is 0.0244. The SMILES string of the molecule is CCC(CC)NS(=O)(=O)c1ccc(N2CCC(C(=O)NC(C)C(C)C)CC2)nc1. The van der Waals surface area contributed by atoms with E-state index in [1.165, 1.54) is 6.20 Å². The molecule has 2 N–H and O–H groups in total. The molecule has 0 aliphatic carbocycles. The van der Waals surface area contributed by atoms with Gasteiger partial charge < -0.3 is 10.2 Å². The van der Waals surface area contributed by atoms with E-state index < -0.39 is 10.0 Å². The topological polar surface area (TPSA) is 91.4 Å². The number of nitrogens with zero attached hydrogens (tertiary/aromatic N) is 2. The molecule has 7 nitrogen and oxygen atoms in total. The number of carbonyl (C=O) groups is 1. The lowest BCUT2D eigenvalue weighted by atomic mass is 9.95. The van der Waals surface area contributed by atoms with Gasteiger partial charge in [-0.25, -0.2) is 18.1 Å². The maximum absolute atomic E-state index is 12.5. The van der Waals surface area contributed by atoms with E-state index in [9.17, 15) is 13.2 Å². The lowest BCUT2D eigenvalue weighted by Gasteiger charge is -2.33. The third kappa shape index (κ3) is 6.40. The number of piperidine rings is 1. The van der Waals surface area contributed by atoms with Crippen LogP contribution in [-0.2, 0) is 14.8 Å². The lowest BCUT2D eigenvalue weighted by Crippen LogP contribution is -2.44. The Kier molecular flexibility index (Phi) is 8.46. The van der Waals surface area contributed by atoms with Gasteiger partial charge in [-0.3, -0.25) is 4.79 Å². The Morgan fingerprint density at radius 1 is 1.17 bits per heavy atom. The summed E-state index contributed by atoms with van der Waals surface area (Å²) in [5, 5.41) is 3.11. The zero-order chi connectivity index (χ0) is 21.6. The van der Waals surface area contributed by atoms with Crippen molar-refractivity contribution in [1.82, 2.24) is 15.0 Å². The molecule has 1 atom stereocenters. The van der Waals surface area contributed by atoms with Gasteiger partial charge in [0.15, 0.2) is 0 Å². The van der Waals surface area contributed by atoms with E-state index in [1.54, 1.807) is 12.1 Å². The number of hydrogen-bond donors (Lipinski definition) is 2. The van der Waals surface area contributed by atoms with E-state index >= 15 is 0 Å². The number of sulfonamides is 1. The van der Waals surface area contributed by atoms with Crippen molar-refractivity contribution in [2.24, 2.45) is 11.8 Å². The summed E-state index contributed by atoms with van der Waals surface area (Å²) >= 11 is 0. The second kappa shape index (κ2) is 10.4. The van der Waals surface area contributed by atoms with Crippen LogP contribution in [0, 0.1) is 11.8 Å². The third-order valence-electron chi connectivity index (χ3n) is 5.90. The average molecular weight is 425 g/mol. The molecule has 1 aliphatic rings. The van der Waals surface area contributed by atoms with Crippen LogP contribution in [0.15, 0.2) is 23.2 Å². The summed E-state index contributed by atoms with van der Waals surface area (Å²) in [4.78, 5) is 19.1. The first-order chi connectivity index (χ1) is 13.7. The second-order valence-corrected chi connectivity index (χ2v) is 10.0. The first kappa shape index (κ1) is 23.6. The van der Waals surface area contributed by atoms with E-state index in [2.05, 4.69) is 33.8 Å². The molecule has 164 valence electrons. The van der Waals surface area contributed by atoms with E-state index in [4.69, 9.17) is 0 Å². The molecule has 0 saturated carbocycles. The van der Waals surface area contributed by atoms with Crippen molar-refractivity contribution in [1.29, 1.82) is 0 Å². The molecular formula is C21H36N4O3S. The molecule has 2 rings (SSSR count). The molecule has 0 radical (unpaired) electrons. The molecule has 29 heavy (non-hydrogen) atoms. The predicted molar refractivity (Wildman–Crippen MR) is 116 cm³/mol. The van der Waals surface area contributed by atoms with Gasteiger partial charge in [-0.15, -0.1) is 0 Å². The van der Waals surface area contributed by atoms with E-state index in [0.717, 1.165) is 44.6 Å². The van der Waals surface area contributed by atoms with Gasteiger partial charge >= 0.3 is 0 Å². The quantitative estimate of drug-likeness (QED) is 0.636. The van der Waals surface area contributed by atoms with Crippen LogP contribution < -0.4 is 14.9 Å². The fourth-order valence-electron chi connectivity index (χ4n) is 3.34. The first-order valence-corrected chi connectivity index (χ1v) is 12.2. The van der Waals surface area contributed by atoms with Crippen molar-refractivity contribution in [3.63, 3.8) is 0 Å². The second-order valence-electron chi connectivity index (χ2n) is 8.29. The Morgan fingerprint density at radius 3 is 2.28 bits per heavy atom. The normalized spacial score (nSPS) is 17.0. The van der Waals surface area contributed by atoms with Gasteiger partial charge in [0.1, 0.15) is 10.7 Å². The highest BCUT2D eigenvalue weighted by Gasteiger charge is 2.27. The highest BCUT2D eigenvalue weighted by atomic mass is 32.2. The van der Waals surface area contributed by atoms with Gasteiger partial charge in [0.2, 0.25) is 15.9 Å². The van der Waals surface area contributed by atoms with Gasteiger partial charge in [0, 0.05) is 37.3 Å². The summed E-state index contributed by atoms with van der Waals surface area (Å²) in [5.41, 5.74) is 0. The molecule has 1 unspecified atom stereocenters. The number of anilines is 1. The number of rotatable bonds is 9. The summed E-state index contributed by atoms with van der Waals surface area (Å²) in [7, 11) is -3.55. The van der Waals surface area contributed by atoms with Crippen molar-refractivity contribution in [3.8, 4) is 0 Å². The lowest BCUT2D eigenvalue weighted by molar-refractivity contribution is -0.126. The smallest absolute Gasteiger partial charge is 0.242 e. The molecule has 1 aromatic heterocycles. The largest absolute Gasteiger partial charge is 0.357 e. The van der Waals surface area contributed by atoms with Crippen LogP contribution in [0.2, 0.25) is 0 Å². The van der Waals surface area contributed by atoms with Crippen LogP contribution in [0.3, 0.4) is 0 Å². The minimum Gasteiger partial charge on any atom is -0.357 e. The number of amides is 1. The summed E-state index contributed by atoms with van der Waals surface area (Å²) < 4.78 is 27.7. The van der Waals surface area contributed by atoms with Gasteiger partial charge in [-0.2, -0.15) is 0 Å².